The molecule has 2 aromatic rings. The number of nitrogens with zero attached hydrogens (tertiary/aromatic N) is 1. The molecule has 1 unspecified atom stereocenters. The molecule has 0 saturated carbocycles. The normalized spacial score (nSPS) is 12.7. The van der Waals surface area contributed by atoms with Crippen molar-refractivity contribution in [1.82, 2.24) is 0 Å². The molecular weight excluding hydrogens is 370 g/mol. The maximum absolute atomic E-state index is 12.2. The molecule has 0 heterocycles. The molecule has 0 amide bonds. The lowest BCUT2D eigenvalue weighted by molar-refractivity contribution is -0.141. The van der Waals surface area contributed by atoms with Crippen LogP contribution in [0.15, 0.2) is 48.5 Å². The van der Waals surface area contributed by atoms with Crippen molar-refractivity contribution >= 4 is 5.97 Å². The molecule has 2 rings (SSSR count). The van der Waals surface area contributed by atoms with Crippen LogP contribution in [-0.4, -0.2) is 5.97 Å². The Morgan fingerprint density at radius 2 is 1.40 bits per heavy atom. The van der Waals surface area contributed by atoms with Crippen LogP contribution in [0.3, 0.4) is 0 Å². The van der Waals surface area contributed by atoms with Gasteiger partial charge in [0.05, 0.1) is 6.07 Å². The van der Waals surface area contributed by atoms with Gasteiger partial charge in [-0.25, -0.2) is 4.79 Å². The van der Waals surface area contributed by atoms with Crippen LogP contribution in [0, 0.1) is 16.7 Å². The predicted octanol–water partition coefficient (Wildman–Crippen LogP) is 7.49. The number of aryl methyl sites for hydroxylation is 1. The van der Waals surface area contributed by atoms with Crippen LogP contribution >= 0.6 is 0 Å². The second kappa shape index (κ2) is 12.2. The van der Waals surface area contributed by atoms with E-state index in [9.17, 15) is 10.1 Å². The highest BCUT2D eigenvalue weighted by molar-refractivity contribution is 5.81. The highest BCUT2D eigenvalue weighted by Crippen LogP contribution is 2.26. The Balaban J connectivity index is 1.85. The zero-order valence-corrected chi connectivity index (χ0v) is 18.7. The van der Waals surface area contributed by atoms with Crippen LogP contribution < -0.4 is 4.74 Å². The zero-order chi connectivity index (χ0) is 21.8. The average Bonchev–Trinajstić information content (AvgIpc) is 2.79. The first-order valence-electron chi connectivity index (χ1n) is 11.4. The van der Waals surface area contributed by atoms with Gasteiger partial charge >= 0.3 is 5.97 Å². The molecule has 0 aliphatic heterocycles. The summed E-state index contributed by atoms with van der Waals surface area (Å²) in [6.45, 7) is 5.67. The van der Waals surface area contributed by atoms with Gasteiger partial charge in [0.25, 0.3) is 0 Å². The number of carbonyl (C=O) groups excluding carboxylic acids is 1. The number of carbonyl (C=O) groups is 1. The third kappa shape index (κ3) is 7.02. The first-order valence-corrected chi connectivity index (χ1v) is 11.4. The maximum Gasteiger partial charge on any atom is 0.331 e. The lowest BCUT2D eigenvalue weighted by atomic mass is 9.90. The van der Waals surface area contributed by atoms with E-state index in [1.165, 1.54) is 50.5 Å². The highest BCUT2D eigenvalue weighted by Gasteiger charge is 2.33. The summed E-state index contributed by atoms with van der Waals surface area (Å²) in [5.74, 6) is -0.0378. The molecule has 0 fully saturated rings. The molecule has 0 aliphatic carbocycles. The van der Waals surface area contributed by atoms with Gasteiger partial charge in [0.15, 0.2) is 5.41 Å². The molecule has 0 saturated heterocycles. The van der Waals surface area contributed by atoms with E-state index in [1.54, 1.807) is 19.1 Å². The Bertz CT molecular complexity index is 817. The van der Waals surface area contributed by atoms with Gasteiger partial charge in [-0.15, -0.1) is 0 Å². The summed E-state index contributed by atoms with van der Waals surface area (Å²) in [6.07, 6.45) is 10.9. The van der Waals surface area contributed by atoms with Crippen molar-refractivity contribution in [3.8, 4) is 22.9 Å². The minimum atomic E-state index is -1.11. The summed E-state index contributed by atoms with van der Waals surface area (Å²) < 4.78 is 5.40. The third-order valence-electron chi connectivity index (χ3n) is 5.83. The van der Waals surface area contributed by atoms with Crippen LogP contribution in [0.4, 0.5) is 0 Å². The number of rotatable bonds is 12. The molecular formula is C27H35NO2. The average molecular weight is 406 g/mol. The van der Waals surface area contributed by atoms with Gasteiger partial charge in [-0.2, -0.15) is 5.26 Å². The van der Waals surface area contributed by atoms with E-state index in [4.69, 9.17) is 4.74 Å². The van der Waals surface area contributed by atoms with E-state index in [-0.39, 0.29) is 0 Å². The Morgan fingerprint density at radius 1 is 0.867 bits per heavy atom. The van der Waals surface area contributed by atoms with Crippen LogP contribution in [0.5, 0.6) is 5.75 Å². The number of esters is 1. The summed E-state index contributed by atoms with van der Waals surface area (Å²) in [6, 6.07) is 18.2. The Morgan fingerprint density at radius 3 is 1.93 bits per heavy atom. The van der Waals surface area contributed by atoms with E-state index in [2.05, 4.69) is 31.2 Å². The fraction of sp³-hybridized carbons (Fsp3) is 0.481. The molecule has 0 spiro atoms. The highest BCUT2D eigenvalue weighted by atomic mass is 16.5. The fourth-order valence-electron chi connectivity index (χ4n) is 3.35. The first kappa shape index (κ1) is 23.7. The minimum absolute atomic E-state index is 0.422. The minimum Gasteiger partial charge on any atom is -0.425 e. The predicted molar refractivity (Wildman–Crippen MR) is 123 cm³/mol. The van der Waals surface area contributed by atoms with E-state index < -0.39 is 11.4 Å². The molecule has 0 aliphatic rings. The number of nitriles is 1. The van der Waals surface area contributed by atoms with Gasteiger partial charge in [0, 0.05) is 0 Å². The Kier molecular flexibility index (Phi) is 9.61. The molecule has 0 N–H and O–H groups in total. The second-order valence-electron chi connectivity index (χ2n) is 8.28. The molecule has 2 aromatic carbocycles. The second-order valence-corrected chi connectivity index (χ2v) is 8.28. The van der Waals surface area contributed by atoms with Crippen molar-refractivity contribution < 1.29 is 9.53 Å². The van der Waals surface area contributed by atoms with Crippen molar-refractivity contribution in [3.63, 3.8) is 0 Å². The maximum atomic E-state index is 12.2. The van der Waals surface area contributed by atoms with Crippen LogP contribution in [0.2, 0.25) is 0 Å². The Labute approximate surface area is 182 Å². The summed E-state index contributed by atoms with van der Waals surface area (Å²) in [5.41, 5.74) is 2.50. The topological polar surface area (TPSA) is 50.1 Å². The number of hydrogen-bond acceptors (Lipinski definition) is 3. The van der Waals surface area contributed by atoms with Gasteiger partial charge in [0.2, 0.25) is 0 Å². The Hall–Kier alpha value is -2.60. The summed E-state index contributed by atoms with van der Waals surface area (Å²) in [4.78, 5) is 12.2. The summed E-state index contributed by atoms with van der Waals surface area (Å²) >= 11 is 0. The number of hydrogen-bond donors (Lipinski definition) is 0. The number of unbranched alkanes of at least 4 members (excludes halogenated alkanes) is 6. The van der Waals surface area contributed by atoms with Crippen molar-refractivity contribution in [2.45, 2.75) is 78.6 Å². The van der Waals surface area contributed by atoms with Gasteiger partial charge in [-0.3, -0.25) is 0 Å². The van der Waals surface area contributed by atoms with Crippen LogP contribution in [0.1, 0.15) is 77.7 Å². The molecule has 30 heavy (non-hydrogen) atoms. The van der Waals surface area contributed by atoms with Gasteiger partial charge in [0.1, 0.15) is 5.75 Å². The molecule has 0 radical (unpaired) electrons. The fourth-order valence-corrected chi connectivity index (χ4v) is 3.35. The van der Waals surface area contributed by atoms with Crippen molar-refractivity contribution in [3.05, 3.63) is 54.1 Å². The zero-order valence-electron chi connectivity index (χ0n) is 18.7. The van der Waals surface area contributed by atoms with E-state index in [0.717, 1.165) is 17.5 Å². The monoisotopic (exact) mass is 405 g/mol. The van der Waals surface area contributed by atoms with Gasteiger partial charge in [-0.1, -0.05) is 88.8 Å². The lowest BCUT2D eigenvalue weighted by Crippen LogP contribution is -2.29. The third-order valence-corrected chi connectivity index (χ3v) is 5.83. The van der Waals surface area contributed by atoms with E-state index in [1.807, 2.05) is 25.1 Å². The van der Waals surface area contributed by atoms with E-state index in [0.29, 0.717) is 12.2 Å². The van der Waals surface area contributed by atoms with Crippen molar-refractivity contribution in [2.24, 2.45) is 5.41 Å². The molecule has 3 nitrogen and oxygen atoms in total. The lowest BCUT2D eigenvalue weighted by Gasteiger charge is -2.17. The molecule has 3 heteroatoms. The molecule has 1 atom stereocenters. The molecule has 0 aromatic heterocycles. The largest absolute Gasteiger partial charge is 0.425 e. The standard InChI is InChI=1S/C27H35NO2/c1-4-6-7-8-9-10-11-12-22-13-15-23(16-14-22)24-17-19-25(20-18-24)30-26(29)27(3,5-2)21-28/h13-20H,4-12H2,1-3H3. The molecule has 0 bridgehead atoms. The van der Waals surface area contributed by atoms with Gasteiger partial charge in [-0.05, 0) is 55.0 Å². The van der Waals surface area contributed by atoms with E-state index >= 15 is 0 Å². The summed E-state index contributed by atoms with van der Waals surface area (Å²) in [7, 11) is 0. The van der Waals surface area contributed by atoms with Gasteiger partial charge < -0.3 is 4.74 Å². The quantitative estimate of drug-likeness (QED) is 0.209. The van der Waals surface area contributed by atoms with Crippen LogP contribution in [0.25, 0.3) is 11.1 Å². The smallest absolute Gasteiger partial charge is 0.331 e. The SMILES string of the molecule is CCCCCCCCCc1ccc(-c2ccc(OC(=O)C(C)(C#N)CC)cc2)cc1. The number of benzene rings is 2. The summed E-state index contributed by atoms with van der Waals surface area (Å²) in [5, 5.41) is 9.21. The van der Waals surface area contributed by atoms with Crippen molar-refractivity contribution in [2.75, 3.05) is 0 Å². The van der Waals surface area contributed by atoms with Crippen LogP contribution in [-0.2, 0) is 11.2 Å². The molecule has 160 valence electrons. The first-order chi connectivity index (χ1) is 14.5. The number of ether oxygens (including phenoxy) is 1. The van der Waals surface area contributed by atoms with Crippen molar-refractivity contribution in [1.29, 1.82) is 5.26 Å².